The highest BCUT2D eigenvalue weighted by atomic mass is 32.1. The van der Waals surface area contributed by atoms with Gasteiger partial charge in [-0.15, -0.1) is 11.3 Å². The van der Waals surface area contributed by atoms with E-state index in [2.05, 4.69) is 5.32 Å². The summed E-state index contributed by atoms with van der Waals surface area (Å²) in [4.78, 5) is 37.2. The highest BCUT2D eigenvalue weighted by Gasteiger charge is 2.36. The van der Waals surface area contributed by atoms with Crippen LogP contribution in [-0.4, -0.2) is 29.6 Å². The number of ether oxygens (including phenoxy) is 1. The van der Waals surface area contributed by atoms with Crippen molar-refractivity contribution in [2.75, 3.05) is 11.9 Å². The van der Waals surface area contributed by atoms with Gasteiger partial charge in [0.25, 0.3) is 0 Å². The quantitative estimate of drug-likeness (QED) is 0.717. The Bertz CT molecular complexity index is 639. The van der Waals surface area contributed by atoms with Gasteiger partial charge in [-0.2, -0.15) is 0 Å². The number of esters is 1. The molecular weight excluding hydrogens is 342 g/mol. The lowest BCUT2D eigenvalue weighted by Crippen LogP contribution is -2.36. The summed E-state index contributed by atoms with van der Waals surface area (Å²) in [6.07, 6.45) is 4.50. The Hall–Kier alpha value is -1.89. The summed E-state index contributed by atoms with van der Waals surface area (Å²) in [6.45, 7) is 4.03. The number of aryl methyl sites for hydroxylation is 1. The molecule has 1 heterocycles. The number of anilines is 1. The Morgan fingerprint density at radius 2 is 1.92 bits per heavy atom. The molecule has 1 saturated carbocycles. The zero-order valence-corrected chi connectivity index (χ0v) is 15.5. The van der Waals surface area contributed by atoms with Crippen molar-refractivity contribution in [3.05, 3.63) is 16.5 Å². The van der Waals surface area contributed by atoms with Gasteiger partial charge in [0.2, 0.25) is 5.91 Å². The molecule has 1 aliphatic rings. The van der Waals surface area contributed by atoms with Gasteiger partial charge in [0.05, 0.1) is 24.0 Å². The van der Waals surface area contributed by atoms with Crippen LogP contribution in [0.4, 0.5) is 5.00 Å². The average Bonchev–Trinajstić information content (AvgIpc) is 2.98. The smallest absolute Gasteiger partial charge is 0.341 e. The van der Waals surface area contributed by atoms with E-state index in [1.807, 2.05) is 6.92 Å². The first kappa shape index (κ1) is 19.4. The fourth-order valence-corrected chi connectivity index (χ4v) is 4.36. The number of carbonyl (C=O) groups is 3. The number of nitrogens with one attached hydrogen (secondary N) is 1. The minimum Gasteiger partial charge on any atom is -0.481 e. The van der Waals surface area contributed by atoms with E-state index >= 15 is 0 Å². The molecule has 2 rings (SSSR count). The lowest BCUT2D eigenvalue weighted by Gasteiger charge is -2.27. The van der Waals surface area contributed by atoms with Gasteiger partial charge < -0.3 is 15.2 Å². The van der Waals surface area contributed by atoms with Gasteiger partial charge in [-0.1, -0.05) is 26.2 Å². The van der Waals surface area contributed by atoms with Crippen LogP contribution in [0.3, 0.4) is 0 Å². The maximum atomic E-state index is 12.7. The molecule has 25 heavy (non-hydrogen) atoms. The maximum Gasteiger partial charge on any atom is 0.341 e. The molecule has 0 saturated heterocycles. The largest absolute Gasteiger partial charge is 0.481 e. The minimum atomic E-state index is -0.927. The van der Waals surface area contributed by atoms with E-state index < -0.39 is 23.8 Å². The number of amides is 1. The normalized spacial score (nSPS) is 20.1. The molecule has 0 spiro atoms. The second kappa shape index (κ2) is 8.99. The molecule has 7 heteroatoms. The summed E-state index contributed by atoms with van der Waals surface area (Å²) in [5.41, 5.74) is 0.353. The second-order valence-corrected chi connectivity index (χ2v) is 7.39. The summed E-state index contributed by atoms with van der Waals surface area (Å²) in [5.74, 6) is -2.92. The van der Waals surface area contributed by atoms with Crippen LogP contribution in [0.5, 0.6) is 0 Å². The fourth-order valence-electron chi connectivity index (χ4n) is 3.21. The molecule has 0 aromatic carbocycles. The molecule has 1 aromatic heterocycles. The third kappa shape index (κ3) is 4.81. The monoisotopic (exact) mass is 367 g/mol. The van der Waals surface area contributed by atoms with Crippen molar-refractivity contribution in [3.63, 3.8) is 0 Å². The summed E-state index contributed by atoms with van der Waals surface area (Å²) < 4.78 is 5.07. The van der Waals surface area contributed by atoms with Crippen LogP contribution in [0.1, 0.15) is 61.2 Å². The first-order chi connectivity index (χ1) is 12.0. The number of hydrogen-bond acceptors (Lipinski definition) is 5. The van der Waals surface area contributed by atoms with Crippen LogP contribution >= 0.6 is 11.3 Å². The number of carboxylic acids is 1. The van der Waals surface area contributed by atoms with Crippen LogP contribution < -0.4 is 5.32 Å². The molecule has 2 N–H and O–H groups in total. The predicted molar refractivity (Wildman–Crippen MR) is 96.0 cm³/mol. The van der Waals surface area contributed by atoms with Crippen molar-refractivity contribution < 1.29 is 24.2 Å². The lowest BCUT2D eigenvalue weighted by atomic mass is 9.79. The molecule has 0 radical (unpaired) electrons. The van der Waals surface area contributed by atoms with Crippen molar-refractivity contribution in [2.24, 2.45) is 11.8 Å². The highest BCUT2D eigenvalue weighted by molar-refractivity contribution is 7.16. The number of rotatable bonds is 7. The van der Waals surface area contributed by atoms with Crippen molar-refractivity contribution >= 4 is 34.2 Å². The van der Waals surface area contributed by atoms with Gasteiger partial charge >= 0.3 is 11.9 Å². The summed E-state index contributed by atoms with van der Waals surface area (Å²) >= 11 is 1.36. The fraction of sp³-hybridized carbons (Fsp3) is 0.611. The van der Waals surface area contributed by atoms with Crippen LogP contribution in [-0.2, 0) is 20.7 Å². The molecule has 1 aliphatic carbocycles. The standard InChI is InChI=1S/C18H25NO5S/c1-3-7-11-10-14(18(23)24-4-2)16(25-11)19-15(20)12-8-5-6-9-13(12)17(21)22/h10,12-13H,3-9H2,1-2H3,(H,19,20)(H,21,22)/t12-,13+/m1/s1. The highest BCUT2D eigenvalue weighted by Crippen LogP contribution is 2.34. The van der Waals surface area contributed by atoms with Crippen molar-refractivity contribution in [1.29, 1.82) is 0 Å². The van der Waals surface area contributed by atoms with E-state index in [-0.39, 0.29) is 12.5 Å². The predicted octanol–water partition coefficient (Wildman–Crippen LogP) is 3.71. The van der Waals surface area contributed by atoms with E-state index in [1.165, 1.54) is 11.3 Å². The number of hydrogen-bond donors (Lipinski definition) is 2. The van der Waals surface area contributed by atoms with Gasteiger partial charge in [-0.05, 0) is 32.3 Å². The third-order valence-electron chi connectivity index (χ3n) is 4.43. The van der Waals surface area contributed by atoms with Gasteiger partial charge in [0.15, 0.2) is 0 Å². The van der Waals surface area contributed by atoms with Crippen molar-refractivity contribution in [3.8, 4) is 0 Å². The number of carbonyl (C=O) groups excluding carboxylic acids is 2. The van der Waals surface area contributed by atoms with E-state index in [9.17, 15) is 19.5 Å². The number of aliphatic carboxylic acids is 1. The molecular formula is C18H25NO5S. The zero-order valence-electron chi connectivity index (χ0n) is 14.7. The molecule has 138 valence electrons. The van der Waals surface area contributed by atoms with Gasteiger partial charge in [0, 0.05) is 4.88 Å². The Balaban J connectivity index is 2.20. The third-order valence-corrected chi connectivity index (χ3v) is 5.54. The van der Waals surface area contributed by atoms with Crippen LogP contribution in [0, 0.1) is 11.8 Å². The van der Waals surface area contributed by atoms with Gasteiger partial charge in [-0.25, -0.2) is 4.79 Å². The van der Waals surface area contributed by atoms with E-state index in [0.29, 0.717) is 23.4 Å². The van der Waals surface area contributed by atoms with Crippen LogP contribution in [0.2, 0.25) is 0 Å². The van der Waals surface area contributed by atoms with E-state index in [4.69, 9.17) is 4.74 Å². The molecule has 0 unspecified atom stereocenters. The lowest BCUT2D eigenvalue weighted by molar-refractivity contribution is -0.147. The Morgan fingerprint density at radius 1 is 1.24 bits per heavy atom. The van der Waals surface area contributed by atoms with Gasteiger partial charge in [0.1, 0.15) is 5.00 Å². The molecule has 0 aliphatic heterocycles. The zero-order chi connectivity index (χ0) is 18.4. The maximum absolute atomic E-state index is 12.7. The first-order valence-electron chi connectivity index (χ1n) is 8.81. The Labute approximate surface area is 151 Å². The summed E-state index contributed by atoms with van der Waals surface area (Å²) in [7, 11) is 0. The molecule has 1 aromatic rings. The van der Waals surface area contributed by atoms with E-state index in [1.54, 1.807) is 13.0 Å². The molecule has 2 atom stereocenters. The van der Waals surface area contributed by atoms with Crippen molar-refractivity contribution in [2.45, 2.75) is 52.4 Å². The first-order valence-corrected chi connectivity index (χ1v) is 9.63. The molecule has 6 nitrogen and oxygen atoms in total. The Morgan fingerprint density at radius 3 is 2.52 bits per heavy atom. The number of carboxylic acid groups (broad SMARTS) is 1. The molecule has 1 fully saturated rings. The summed E-state index contributed by atoms with van der Waals surface area (Å²) in [6, 6.07) is 1.76. The minimum absolute atomic E-state index is 0.259. The van der Waals surface area contributed by atoms with Crippen molar-refractivity contribution in [1.82, 2.24) is 0 Å². The summed E-state index contributed by atoms with van der Waals surface area (Å²) in [5, 5.41) is 12.6. The van der Waals surface area contributed by atoms with Gasteiger partial charge in [-0.3, -0.25) is 9.59 Å². The molecule has 0 bridgehead atoms. The second-order valence-electron chi connectivity index (χ2n) is 6.25. The molecule has 1 amide bonds. The van der Waals surface area contributed by atoms with E-state index in [0.717, 1.165) is 30.6 Å². The SMILES string of the molecule is CCCc1cc(C(=O)OCC)c(NC(=O)[C@@H]2CCCC[C@@H]2C(=O)O)s1. The van der Waals surface area contributed by atoms with Crippen LogP contribution in [0.15, 0.2) is 6.07 Å². The van der Waals surface area contributed by atoms with Crippen LogP contribution in [0.25, 0.3) is 0 Å². The average molecular weight is 367 g/mol. The number of thiophene rings is 1. The Kier molecular flexibility index (Phi) is 6.99. The topological polar surface area (TPSA) is 92.7 Å².